The molecule has 0 unspecified atom stereocenters. The highest BCUT2D eigenvalue weighted by molar-refractivity contribution is 4.45. The molecule has 2 saturated heterocycles. The third kappa shape index (κ3) is 9.96. The van der Waals surface area contributed by atoms with Crippen molar-refractivity contribution in [3.8, 4) is 0 Å². The lowest BCUT2D eigenvalue weighted by Crippen LogP contribution is -2.03. The Balaban J connectivity index is 0.000000206. The molecule has 0 bridgehead atoms. The summed E-state index contributed by atoms with van der Waals surface area (Å²) in [6, 6.07) is 0. The highest BCUT2D eigenvalue weighted by Gasteiger charge is 1.95. The Bertz CT molecular complexity index is 53.5. The molecule has 3 heteroatoms. The van der Waals surface area contributed by atoms with Gasteiger partial charge in [0.15, 0.2) is 0 Å². The molecule has 0 aromatic rings. The maximum atomic E-state index is 7.00. The van der Waals surface area contributed by atoms with Gasteiger partial charge in [0.05, 0.1) is 0 Å². The summed E-state index contributed by atoms with van der Waals surface area (Å²) in [5, 5.41) is 7.00. The number of aliphatic hydroxyl groups excluding tert-OH is 1. The predicted octanol–water partition coefficient (Wildman–Crippen LogP) is 1.98. The maximum absolute atomic E-state index is 7.00. The highest BCUT2D eigenvalue weighted by atomic mass is 16.5. The first-order valence-electron chi connectivity index (χ1n) is 5.60. The van der Waals surface area contributed by atoms with Crippen LogP contribution >= 0.6 is 0 Å². The number of hydrogen-bond donors (Lipinski definition) is 1. The average Bonchev–Trinajstić information content (AvgIpc) is 2.37. The van der Waals surface area contributed by atoms with Crippen LogP contribution in [-0.2, 0) is 9.47 Å². The first-order valence-corrected chi connectivity index (χ1v) is 5.60. The van der Waals surface area contributed by atoms with Crippen molar-refractivity contribution in [3.63, 3.8) is 0 Å². The van der Waals surface area contributed by atoms with Gasteiger partial charge < -0.3 is 14.6 Å². The van der Waals surface area contributed by atoms with Gasteiger partial charge in [-0.1, -0.05) is 0 Å². The zero-order chi connectivity index (χ0) is 10.5. The van der Waals surface area contributed by atoms with Crippen LogP contribution in [0.2, 0.25) is 0 Å². The van der Waals surface area contributed by atoms with Gasteiger partial charge in [-0.05, 0) is 38.5 Å². The average molecular weight is 204 g/mol. The van der Waals surface area contributed by atoms with Crippen LogP contribution in [0.4, 0.5) is 0 Å². The van der Waals surface area contributed by atoms with Crippen molar-refractivity contribution in [2.45, 2.75) is 38.5 Å². The normalized spacial score (nSPS) is 21.0. The van der Waals surface area contributed by atoms with Gasteiger partial charge in [0.25, 0.3) is 0 Å². The number of hydrogen-bond acceptors (Lipinski definition) is 3. The van der Waals surface area contributed by atoms with E-state index < -0.39 is 0 Å². The van der Waals surface area contributed by atoms with Crippen molar-refractivity contribution < 1.29 is 14.6 Å². The lowest BCUT2D eigenvalue weighted by Gasteiger charge is -2.08. The molecule has 2 rings (SSSR count). The van der Waals surface area contributed by atoms with Gasteiger partial charge in [-0.25, -0.2) is 0 Å². The van der Waals surface area contributed by atoms with E-state index in [-0.39, 0.29) is 0 Å². The van der Waals surface area contributed by atoms with Crippen molar-refractivity contribution in [1.82, 2.24) is 0 Å². The number of rotatable bonds is 0. The van der Waals surface area contributed by atoms with Gasteiger partial charge in [-0.3, -0.25) is 0 Å². The Morgan fingerprint density at radius 3 is 0.929 bits per heavy atom. The lowest BCUT2D eigenvalue weighted by atomic mass is 10.2. The molecule has 3 nitrogen and oxygen atoms in total. The second kappa shape index (κ2) is 12.9. The zero-order valence-corrected chi connectivity index (χ0v) is 9.33. The van der Waals surface area contributed by atoms with E-state index in [0.717, 1.165) is 33.5 Å². The van der Waals surface area contributed by atoms with Crippen molar-refractivity contribution in [2.24, 2.45) is 0 Å². The van der Waals surface area contributed by atoms with Gasteiger partial charge in [0.2, 0.25) is 0 Å². The summed E-state index contributed by atoms with van der Waals surface area (Å²) in [5.41, 5.74) is 0. The van der Waals surface area contributed by atoms with E-state index in [9.17, 15) is 0 Å². The molecule has 86 valence electrons. The Labute approximate surface area is 87.4 Å². The van der Waals surface area contributed by atoms with Crippen molar-refractivity contribution >= 4 is 0 Å². The van der Waals surface area contributed by atoms with E-state index in [0.29, 0.717) is 0 Å². The summed E-state index contributed by atoms with van der Waals surface area (Å²) < 4.78 is 10.1. The fraction of sp³-hybridized carbons (Fsp3) is 1.00. The van der Waals surface area contributed by atoms with Crippen LogP contribution in [0.15, 0.2) is 0 Å². The Morgan fingerprint density at radius 2 is 0.857 bits per heavy atom. The minimum atomic E-state index is 1.00. The number of ether oxygens (including phenoxy) is 2. The summed E-state index contributed by atoms with van der Waals surface area (Å²) in [5.74, 6) is 0. The van der Waals surface area contributed by atoms with Crippen LogP contribution in [0.25, 0.3) is 0 Å². The predicted molar refractivity (Wildman–Crippen MR) is 57.5 cm³/mol. The molecule has 2 fully saturated rings. The molecule has 2 aliphatic heterocycles. The molecule has 1 N–H and O–H groups in total. The largest absolute Gasteiger partial charge is 0.400 e. The van der Waals surface area contributed by atoms with Gasteiger partial charge in [-0.2, -0.15) is 0 Å². The van der Waals surface area contributed by atoms with E-state index in [4.69, 9.17) is 14.6 Å². The summed E-state index contributed by atoms with van der Waals surface area (Å²) in [6.45, 7) is 4.00. The second-order valence-corrected chi connectivity index (χ2v) is 3.35. The fourth-order valence-electron chi connectivity index (χ4n) is 1.37. The minimum Gasteiger partial charge on any atom is -0.400 e. The van der Waals surface area contributed by atoms with Gasteiger partial charge in [0.1, 0.15) is 0 Å². The summed E-state index contributed by atoms with van der Waals surface area (Å²) >= 11 is 0. The maximum Gasteiger partial charge on any atom is 0.0466 e. The van der Waals surface area contributed by atoms with Crippen molar-refractivity contribution in [1.29, 1.82) is 0 Å². The van der Waals surface area contributed by atoms with Crippen LogP contribution in [0.5, 0.6) is 0 Å². The quantitative estimate of drug-likeness (QED) is 0.655. The summed E-state index contributed by atoms with van der Waals surface area (Å²) in [7, 11) is 1.00. The van der Waals surface area contributed by atoms with Crippen LogP contribution in [0, 0.1) is 0 Å². The molecule has 0 aliphatic carbocycles. The Hall–Kier alpha value is -0.120. The molecule has 0 atom stereocenters. The zero-order valence-electron chi connectivity index (χ0n) is 9.33. The summed E-state index contributed by atoms with van der Waals surface area (Å²) in [4.78, 5) is 0. The Kier molecular flexibility index (Phi) is 12.8. The van der Waals surface area contributed by atoms with Gasteiger partial charge >= 0.3 is 0 Å². The van der Waals surface area contributed by atoms with Crippen LogP contribution in [0.1, 0.15) is 38.5 Å². The van der Waals surface area contributed by atoms with E-state index in [1.807, 2.05) is 0 Å². The topological polar surface area (TPSA) is 38.7 Å². The third-order valence-corrected chi connectivity index (χ3v) is 2.15. The van der Waals surface area contributed by atoms with Crippen molar-refractivity contribution in [2.75, 3.05) is 33.5 Å². The number of aliphatic hydroxyl groups is 1. The molecule has 0 amide bonds. The molecule has 0 radical (unpaired) electrons. The molecule has 0 aromatic heterocycles. The molecular formula is C11H24O3. The van der Waals surface area contributed by atoms with Gasteiger partial charge in [-0.15, -0.1) is 0 Å². The molecular weight excluding hydrogens is 180 g/mol. The molecule has 2 heterocycles. The summed E-state index contributed by atoms with van der Waals surface area (Å²) in [6.07, 6.45) is 7.86. The molecule has 0 saturated carbocycles. The minimum absolute atomic E-state index is 1.00. The highest BCUT2D eigenvalue weighted by Crippen LogP contribution is 2.02. The van der Waals surface area contributed by atoms with Crippen LogP contribution in [-0.4, -0.2) is 38.6 Å². The van der Waals surface area contributed by atoms with E-state index in [2.05, 4.69) is 0 Å². The standard InChI is InChI=1S/2C5H10O.CH4O/c2*1-2-4-6-5-3-1;1-2/h2*1-5H2;2H,1H3. The lowest BCUT2D eigenvalue weighted by molar-refractivity contribution is 0.0967. The van der Waals surface area contributed by atoms with E-state index in [1.165, 1.54) is 38.5 Å². The second-order valence-electron chi connectivity index (χ2n) is 3.35. The van der Waals surface area contributed by atoms with Crippen LogP contribution < -0.4 is 0 Å². The molecule has 2 aliphatic rings. The fourth-order valence-corrected chi connectivity index (χ4v) is 1.37. The molecule has 14 heavy (non-hydrogen) atoms. The molecule has 0 spiro atoms. The van der Waals surface area contributed by atoms with E-state index >= 15 is 0 Å². The Morgan fingerprint density at radius 1 is 0.571 bits per heavy atom. The SMILES string of the molecule is C1CCOCC1.C1CCOCC1.CO. The monoisotopic (exact) mass is 204 g/mol. The van der Waals surface area contributed by atoms with Gasteiger partial charge in [0, 0.05) is 33.5 Å². The first kappa shape index (κ1) is 13.9. The van der Waals surface area contributed by atoms with Crippen molar-refractivity contribution in [3.05, 3.63) is 0 Å². The first-order chi connectivity index (χ1) is 7.00. The third-order valence-electron chi connectivity index (χ3n) is 2.15. The smallest absolute Gasteiger partial charge is 0.0466 e. The molecule has 0 aromatic carbocycles. The van der Waals surface area contributed by atoms with Crippen LogP contribution in [0.3, 0.4) is 0 Å². The van der Waals surface area contributed by atoms with E-state index in [1.54, 1.807) is 0 Å².